The van der Waals surface area contributed by atoms with Crippen molar-refractivity contribution in [2.45, 2.75) is 45.1 Å². The van der Waals surface area contributed by atoms with E-state index in [0.717, 1.165) is 13.0 Å². The molecule has 100 valence electrons. The molecule has 0 radical (unpaired) electrons. The van der Waals surface area contributed by atoms with E-state index in [0.29, 0.717) is 24.0 Å². The molecule has 0 aliphatic heterocycles. The first-order valence-electron chi connectivity index (χ1n) is 6.88. The van der Waals surface area contributed by atoms with Gasteiger partial charge in [0, 0.05) is 6.04 Å². The van der Waals surface area contributed by atoms with Crippen LogP contribution in [0.25, 0.3) is 0 Å². The molecule has 0 heterocycles. The standard InChI is InChI=1S/C15H22FNO/c1-12-6-4-9-14(15(12)16)18-11-5-10-17-13-7-2-3-8-13/h4,6,9,13,17H,2-3,5,7-8,10-11H2,1H3. The highest BCUT2D eigenvalue weighted by atomic mass is 19.1. The Kier molecular flexibility index (Phi) is 5.00. The fourth-order valence-corrected chi connectivity index (χ4v) is 2.42. The maximum atomic E-state index is 13.6. The molecule has 1 saturated carbocycles. The molecule has 1 N–H and O–H groups in total. The van der Waals surface area contributed by atoms with Crippen LogP contribution in [0.3, 0.4) is 0 Å². The number of aryl methyl sites for hydroxylation is 1. The average molecular weight is 251 g/mol. The van der Waals surface area contributed by atoms with Crippen LogP contribution in [0.4, 0.5) is 4.39 Å². The number of halogens is 1. The summed E-state index contributed by atoms with van der Waals surface area (Å²) in [5, 5.41) is 3.52. The largest absolute Gasteiger partial charge is 0.490 e. The van der Waals surface area contributed by atoms with Gasteiger partial charge in [0.2, 0.25) is 0 Å². The van der Waals surface area contributed by atoms with Crippen molar-refractivity contribution in [3.63, 3.8) is 0 Å². The molecule has 0 unspecified atom stereocenters. The maximum absolute atomic E-state index is 13.6. The number of ether oxygens (including phenoxy) is 1. The lowest BCUT2D eigenvalue weighted by Gasteiger charge is -2.12. The minimum absolute atomic E-state index is 0.235. The van der Waals surface area contributed by atoms with Gasteiger partial charge in [-0.1, -0.05) is 25.0 Å². The topological polar surface area (TPSA) is 21.3 Å². The lowest BCUT2D eigenvalue weighted by atomic mass is 10.2. The van der Waals surface area contributed by atoms with Crippen molar-refractivity contribution < 1.29 is 9.13 Å². The Balaban J connectivity index is 1.64. The zero-order valence-electron chi connectivity index (χ0n) is 11.0. The zero-order chi connectivity index (χ0) is 12.8. The first-order valence-corrected chi connectivity index (χ1v) is 6.88. The SMILES string of the molecule is Cc1cccc(OCCCNC2CCCC2)c1F. The molecule has 1 aromatic rings. The van der Waals surface area contributed by atoms with Crippen LogP contribution >= 0.6 is 0 Å². The first-order chi connectivity index (χ1) is 8.77. The van der Waals surface area contributed by atoms with E-state index in [9.17, 15) is 4.39 Å². The second-order valence-corrected chi connectivity index (χ2v) is 5.02. The minimum atomic E-state index is -0.235. The summed E-state index contributed by atoms with van der Waals surface area (Å²) < 4.78 is 19.1. The van der Waals surface area contributed by atoms with Crippen molar-refractivity contribution in [1.29, 1.82) is 0 Å². The van der Waals surface area contributed by atoms with Gasteiger partial charge in [0.15, 0.2) is 11.6 Å². The molecule has 3 heteroatoms. The molecule has 0 bridgehead atoms. The van der Waals surface area contributed by atoms with Gasteiger partial charge in [-0.25, -0.2) is 4.39 Å². The Labute approximate surface area is 109 Å². The second-order valence-electron chi connectivity index (χ2n) is 5.02. The summed E-state index contributed by atoms with van der Waals surface area (Å²) in [5.74, 6) is 0.136. The van der Waals surface area contributed by atoms with Crippen molar-refractivity contribution in [2.75, 3.05) is 13.2 Å². The molecule has 0 atom stereocenters. The second kappa shape index (κ2) is 6.74. The highest BCUT2D eigenvalue weighted by molar-refractivity contribution is 5.29. The molecule has 2 rings (SSSR count). The molecule has 1 aliphatic carbocycles. The number of hydrogen-bond donors (Lipinski definition) is 1. The Hall–Kier alpha value is -1.09. The van der Waals surface area contributed by atoms with E-state index in [1.807, 2.05) is 6.07 Å². The predicted molar refractivity (Wildman–Crippen MR) is 71.5 cm³/mol. The summed E-state index contributed by atoms with van der Waals surface area (Å²) in [5.41, 5.74) is 0.636. The van der Waals surface area contributed by atoms with E-state index in [1.54, 1.807) is 19.1 Å². The fraction of sp³-hybridized carbons (Fsp3) is 0.600. The van der Waals surface area contributed by atoms with Gasteiger partial charge in [0.25, 0.3) is 0 Å². The van der Waals surface area contributed by atoms with Crippen LogP contribution in [0.5, 0.6) is 5.75 Å². The zero-order valence-corrected chi connectivity index (χ0v) is 11.0. The number of benzene rings is 1. The Morgan fingerprint density at radius 1 is 1.33 bits per heavy atom. The van der Waals surface area contributed by atoms with Crippen LogP contribution in [-0.4, -0.2) is 19.2 Å². The third-order valence-corrected chi connectivity index (χ3v) is 3.52. The van der Waals surface area contributed by atoms with Crippen LogP contribution in [-0.2, 0) is 0 Å². The van der Waals surface area contributed by atoms with Gasteiger partial charge in [0.05, 0.1) is 6.61 Å². The Morgan fingerprint density at radius 2 is 2.11 bits per heavy atom. The highest BCUT2D eigenvalue weighted by Gasteiger charge is 2.13. The van der Waals surface area contributed by atoms with E-state index < -0.39 is 0 Å². The molecule has 0 aromatic heterocycles. The lowest BCUT2D eigenvalue weighted by Crippen LogP contribution is -2.27. The van der Waals surface area contributed by atoms with Crippen molar-refractivity contribution in [3.8, 4) is 5.75 Å². The number of rotatable bonds is 6. The normalized spacial score (nSPS) is 16.1. The fourth-order valence-electron chi connectivity index (χ4n) is 2.42. The molecule has 2 nitrogen and oxygen atoms in total. The summed E-state index contributed by atoms with van der Waals surface area (Å²) in [7, 11) is 0. The highest BCUT2D eigenvalue weighted by Crippen LogP contribution is 2.20. The van der Waals surface area contributed by atoms with Gasteiger partial charge < -0.3 is 10.1 Å². The van der Waals surface area contributed by atoms with Crippen molar-refractivity contribution >= 4 is 0 Å². The van der Waals surface area contributed by atoms with Crippen LogP contribution in [0.15, 0.2) is 18.2 Å². The maximum Gasteiger partial charge on any atom is 0.167 e. The smallest absolute Gasteiger partial charge is 0.167 e. The van der Waals surface area contributed by atoms with Crippen LogP contribution in [0, 0.1) is 12.7 Å². The molecule has 0 amide bonds. The molecule has 0 saturated heterocycles. The van der Waals surface area contributed by atoms with Gasteiger partial charge >= 0.3 is 0 Å². The van der Waals surface area contributed by atoms with Crippen LogP contribution in [0.1, 0.15) is 37.7 Å². The summed E-state index contributed by atoms with van der Waals surface area (Å²) in [6.45, 7) is 3.28. The van der Waals surface area contributed by atoms with Crippen LogP contribution < -0.4 is 10.1 Å². The lowest BCUT2D eigenvalue weighted by molar-refractivity contribution is 0.290. The molecular formula is C15H22FNO. The minimum Gasteiger partial charge on any atom is -0.490 e. The molecule has 1 aliphatic rings. The van der Waals surface area contributed by atoms with Gasteiger partial charge in [-0.2, -0.15) is 0 Å². The van der Waals surface area contributed by atoms with Gasteiger partial charge in [-0.15, -0.1) is 0 Å². The molecule has 1 fully saturated rings. The third-order valence-electron chi connectivity index (χ3n) is 3.52. The number of hydrogen-bond acceptors (Lipinski definition) is 2. The predicted octanol–water partition coefficient (Wildman–Crippen LogP) is 3.44. The van der Waals surface area contributed by atoms with Crippen molar-refractivity contribution in [2.24, 2.45) is 0 Å². The first kappa shape index (κ1) is 13.3. The number of nitrogens with one attached hydrogen (secondary N) is 1. The quantitative estimate of drug-likeness (QED) is 0.782. The van der Waals surface area contributed by atoms with Gasteiger partial charge in [-0.05, 0) is 44.4 Å². The molecule has 1 aromatic carbocycles. The van der Waals surface area contributed by atoms with Gasteiger partial charge in [0.1, 0.15) is 0 Å². The monoisotopic (exact) mass is 251 g/mol. The Morgan fingerprint density at radius 3 is 2.89 bits per heavy atom. The summed E-state index contributed by atoms with van der Waals surface area (Å²) in [6.07, 6.45) is 6.22. The average Bonchev–Trinajstić information content (AvgIpc) is 2.87. The third kappa shape index (κ3) is 3.70. The van der Waals surface area contributed by atoms with Gasteiger partial charge in [-0.3, -0.25) is 0 Å². The van der Waals surface area contributed by atoms with Crippen LogP contribution in [0.2, 0.25) is 0 Å². The molecule has 18 heavy (non-hydrogen) atoms. The summed E-state index contributed by atoms with van der Waals surface area (Å²) in [4.78, 5) is 0. The van der Waals surface area contributed by atoms with E-state index >= 15 is 0 Å². The van der Waals surface area contributed by atoms with Crippen molar-refractivity contribution in [1.82, 2.24) is 5.32 Å². The van der Waals surface area contributed by atoms with E-state index in [1.165, 1.54) is 25.7 Å². The molecular weight excluding hydrogens is 229 g/mol. The van der Waals surface area contributed by atoms with E-state index in [2.05, 4.69) is 5.32 Å². The van der Waals surface area contributed by atoms with E-state index in [4.69, 9.17) is 4.74 Å². The summed E-state index contributed by atoms with van der Waals surface area (Å²) in [6, 6.07) is 5.96. The van der Waals surface area contributed by atoms with E-state index in [-0.39, 0.29) is 5.82 Å². The Bertz CT molecular complexity index is 375. The van der Waals surface area contributed by atoms with Crippen molar-refractivity contribution in [3.05, 3.63) is 29.6 Å². The summed E-state index contributed by atoms with van der Waals surface area (Å²) >= 11 is 0. The molecule has 0 spiro atoms.